The van der Waals surface area contributed by atoms with Crippen LogP contribution in [0.5, 0.6) is 5.75 Å². The summed E-state index contributed by atoms with van der Waals surface area (Å²) in [5.74, 6) is 0.812. The van der Waals surface area contributed by atoms with Crippen LogP contribution in [0.1, 0.15) is 29.0 Å². The minimum atomic E-state index is -0.0938. The molecule has 160 valence electrons. The Morgan fingerprint density at radius 2 is 1.88 bits per heavy atom. The van der Waals surface area contributed by atoms with Gasteiger partial charge < -0.3 is 19.5 Å². The number of methoxy groups -OCH3 is 1. The molecular formula is C25H23N5OS. The molecule has 1 aliphatic heterocycles. The van der Waals surface area contributed by atoms with Crippen LogP contribution in [-0.2, 0) is 6.54 Å². The molecule has 0 aliphatic carbocycles. The Morgan fingerprint density at radius 1 is 1.00 bits per heavy atom. The largest absolute Gasteiger partial charge is 0.495 e. The standard InChI is InChI=1S/C25H23N5OS/c1-31-22-12-3-2-10-20(22)29-15-7-11-21(29)24-23(19-9-4-5-14-27-19)28-25(32)30(24)17-18-8-6-13-26-16-18/h2-16,23-24H,17H2,1H3,(H,28,32)/t23-,24+/m1/s1. The Kier molecular flexibility index (Phi) is 5.56. The first kappa shape index (κ1) is 20.2. The Balaban J connectivity index is 1.62. The molecule has 1 aromatic carbocycles. The third-order valence-electron chi connectivity index (χ3n) is 5.70. The van der Waals surface area contributed by atoms with E-state index in [1.54, 1.807) is 13.3 Å². The number of thiocarbonyl (C=S) groups is 1. The Labute approximate surface area is 192 Å². The van der Waals surface area contributed by atoms with Gasteiger partial charge in [-0.2, -0.15) is 0 Å². The van der Waals surface area contributed by atoms with Crippen LogP contribution in [0.25, 0.3) is 5.69 Å². The molecule has 3 aromatic heterocycles. The van der Waals surface area contributed by atoms with E-state index >= 15 is 0 Å². The van der Waals surface area contributed by atoms with E-state index in [0.717, 1.165) is 28.4 Å². The van der Waals surface area contributed by atoms with Gasteiger partial charge in [0.2, 0.25) is 0 Å². The van der Waals surface area contributed by atoms with Crippen molar-refractivity contribution in [3.05, 3.63) is 108 Å². The predicted molar refractivity (Wildman–Crippen MR) is 128 cm³/mol. The topological polar surface area (TPSA) is 55.2 Å². The molecule has 0 amide bonds. The second-order valence-corrected chi connectivity index (χ2v) is 7.98. The van der Waals surface area contributed by atoms with Gasteiger partial charge in [-0.15, -0.1) is 0 Å². The van der Waals surface area contributed by atoms with Crippen molar-refractivity contribution in [2.75, 3.05) is 7.11 Å². The number of rotatable bonds is 6. The lowest BCUT2D eigenvalue weighted by Crippen LogP contribution is -2.30. The second-order valence-electron chi connectivity index (χ2n) is 7.59. The van der Waals surface area contributed by atoms with Crippen molar-refractivity contribution in [3.63, 3.8) is 0 Å². The molecule has 5 rings (SSSR count). The van der Waals surface area contributed by atoms with E-state index in [1.165, 1.54) is 0 Å². The van der Waals surface area contributed by atoms with Crippen LogP contribution in [-0.4, -0.2) is 31.7 Å². The summed E-state index contributed by atoms with van der Waals surface area (Å²) >= 11 is 5.81. The number of nitrogens with one attached hydrogen (secondary N) is 1. The summed E-state index contributed by atoms with van der Waals surface area (Å²) in [6, 6.07) is 22.0. The fraction of sp³-hybridized carbons (Fsp3) is 0.160. The third-order valence-corrected chi connectivity index (χ3v) is 6.05. The highest BCUT2D eigenvalue weighted by Crippen LogP contribution is 2.41. The van der Waals surface area contributed by atoms with Crippen LogP contribution in [0.2, 0.25) is 0 Å². The van der Waals surface area contributed by atoms with Gasteiger partial charge in [0.05, 0.1) is 30.6 Å². The number of pyridine rings is 2. The van der Waals surface area contributed by atoms with Gasteiger partial charge in [-0.1, -0.05) is 24.3 Å². The average molecular weight is 442 g/mol. The monoisotopic (exact) mass is 441 g/mol. The summed E-state index contributed by atoms with van der Waals surface area (Å²) in [4.78, 5) is 11.1. The highest BCUT2D eigenvalue weighted by Gasteiger charge is 2.41. The van der Waals surface area contributed by atoms with Gasteiger partial charge >= 0.3 is 0 Å². The number of hydrogen-bond acceptors (Lipinski definition) is 4. The van der Waals surface area contributed by atoms with Crippen LogP contribution < -0.4 is 10.1 Å². The molecule has 6 nitrogen and oxygen atoms in total. The number of para-hydroxylation sites is 2. The molecule has 0 saturated carbocycles. The minimum Gasteiger partial charge on any atom is -0.495 e. The molecule has 1 saturated heterocycles. The van der Waals surface area contributed by atoms with Crippen molar-refractivity contribution in [3.8, 4) is 11.4 Å². The van der Waals surface area contributed by atoms with Crippen molar-refractivity contribution < 1.29 is 4.74 Å². The lowest BCUT2D eigenvalue weighted by atomic mass is 10.0. The summed E-state index contributed by atoms with van der Waals surface area (Å²) in [5, 5.41) is 4.21. The lowest BCUT2D eigenvalue weighted by molar-refractivity contribution is 0.301. The summed E-state index contributed by atoms with van der Waals surface area (Å²) in [6.45, 7) is 0.644. The van der Waals surface area contributed by atoms with Gasteiger partial charge in [0.1, 0.15) is 5.75 Å². The summed E-state index contributed by atoms with van der Waals surface area (Å²) in [5.41, 5.74) is 4.12. The number of nitrogens with zero attached hydrogens (tertiary/aromatic N) is 4. The van der Waals surface area contributed by atoms with Crippen molar-refractivity contribution in [1.29, 1.82) is 0 Å². The van der Waals surface area contributed by atoms with E-state index in [1.807, 2.05) is 54.9 Å². The maximum Gasteiger partial charge on any atom is 0.170 e. The fourth-order valence-corrected chi connectivity index (χ4v) is 4.57. The van der Waals surface area contributed by atoms with E-state index < -0.39 is 0 Å². The normalized spacial score (nSPS) is 17.9. The zero-order valence-electron chi connectivity index (χ0n) is 17.6. The van der Waals surface area contributed by atoms with Gasteiger partial charge in [-0.3, -0.25) is 9.97 Å². The number of hydrogen-bond donors (Lipinski definition) is 1. The molecule has 1 N–H and O–H groups in total. The lowest BCUT2D eigenvalue weighted by Gasteiger charge is -2.29. The minimum absolute atomic E-state index is 0.0717. The van der Waals surface area contributed by atoms with Gasteiger partial charge in [-0.25, -0.2) is 0 Å². The highest BCUT2D eigenvalue weighted by molar-refractivity contribution is 7.80. The molecular weight excluding hydrogens is 418 g/mol. The smallest absolute Gasteiger partial charge is 0.170 e. The van der Waals surface area contributed by atoms with E-state index in [0.29, 0.717) is 11.7 Å². The van der Waals surface area contributed by atoms with Crippen LogP contribution in [0.4, 0.5) is 0 Å². The number of benzene rings is 1. The summed E-state index contributed by atoms with van der Waals surface area (Å²) in [6.07, 6.45) is 7.55. The molecule has 7 heteroatoms. The van der Waals surface area contributed by atoms with Gasteiger partial charge in [0.15, 0.2) is 5.11 Å². The van der Waals surface area contributed by atoms with Gasteiger partial charge in [-0.05, 0) is 60.2 Å². The maximum absolute atomic E-state index is 5.81. The van der Waals surface area contributed by atoms with E-state index in [-0.39, 0.29) is 12.1 Å². The molecule has 0 unspecified atom stereocenters. The van der Waals surface area contributed by atoms with Gasteiger partial charge in [0.25, 0.3) is 0 Å². The molecule has 2 atom stereocenters. The second kappa shape index (κ2) is 8.80. The van der Waals surface area contributed by atoms with E-state index in [9.17, 15) is 0 Å². The third kappa shape index (κ3) is 3.71. The molecule has 4 aromatic rings. The molecule has 1 aliphatic rings. The van der Waals surface area contributed by atoms with Gasteiger partial charge in [0, 0.05) is 37.0 Å². The van der Waals surface area contributed by atoms with E-state index in [2.05, 4.69) is 55.2 Å². The van der Waals surface area contributed by atoms with Crippen LogP contribution in [0.15, 0.2) is 91.5 Å². The number of ether oxygens (including phenoxy) is 1. The zero-order valence-corrected chi connectivity index (χ0v) is 18.4. The molecule has 1 fully saturated rings. The molecule has 4 heterocycles. The highest BCUT2D eigenvalue weighted by atomic mass is 32.1. The molecule has 0 radical (unpaired) electrons. The predicted octanol–water partition coefficient (Wildman–Crippen LogP) is 4.45. The zero-order chi connectivity index (χ0) is 21.9. The number of aromatic nitrogens is 3. The molecule has 0 bridgehead atoms. The van der Waals surface area contributed by atoms with E-state index in [4.69, 9.17) is 17.0 Å². The Bertz CT molecular complexity index is 1210. The summed E-state index contributed by atoms with van der Waals surface area (Å²) in [7, 11) is 1.69. The van der Waals surface area contributed by atoms with Crippen molar-refractivity contribution in [1.82, 2.24) is 24.8 Å². The fourth-order valence-electron chi connectivity index (χ4n) is 4.27. The van der Waals surface area contributed by atoms with Crippen molar-refractivity contribution >= 4 is 17.3 Å². The van der Waals surface area contributed by atoms with Crippen molar-refractivity contribution in [2.24, 2.45) is 0 Å². The first-order valence-electron chi connectivity index (χ1n) is 10.4. The Morgan fingerprint density at radius 3 is 2.66 bits per heavy atom. The first-order chi connectivity index (χ1) is 15.8. The molecule has 0 spiro atoms. The van der Waals surface area contributed by atoms with Crippen LogP contribution in [0.3, 0.4) is 0 Å². The van der Waals surface area contributed by atoms with Crippen molar-refractivity contribution in [2.45, 2.75) is 18.6 Å². The SMILES string of the molecule is COc1ccccc1-n1cccc1[C@H]1[C@@H](c2ccccn2)NC(=S)N1Cc1cccnc1. The Hall–Kier alpha value is -3.71. The van der Waals surface area contributed by atoms with Crippen LogP contribution in [0, 0.1) is 0 Å². The average Bonchev–Trinajstić information content (AvgIpc) is 3.45. The quantitative estimate of drug-likeness (QED) is 0.446. The maximum atomic E-state index is 5.81. The summed E-state index contributed by atoms with van der Waals surface area (Å²) < 4.78 is 7.82. The molecule has 32 heavy (non-hydrogen) atoms. The van der Waals surface area contributed by atoms with Crippen LogP contribution >= 0.6 is 12.2 Å². The first-order valence-corrected chi connectivity index (χ1v) is 10.8.